The van der Waals surface area contributed by atoms with Gasteiger partial charge in [0.1, 0.15) is 5.75 Å². The molecule has 1 aliphatic rings. The summed E-state index contributed by atoms with van der Waals surface area (Å²) < 4.78 is 16.3. The van der Waals surface area contributed by atoms with Crippen LogP contribution in [0.4, 0.5) is 0 Å². The highest BCUT2D eigenvalue weighted by molar-refractivity contribution is 5.79. The Labute approximate surface area is 169 Å². The van der Waals surface area contributed by atoms with E-state index >= 15 is 0 Å². The molecule has 1 saturated heterocycles. The number of aliphatic imine (C=N–C) groups is 1. The standard InChI is InChI=1S/C21H36N4O3/c1-6-22-20(24-16-21(2,3)27-5)23-15-19(25-11-13-28-14-12-25)17-7-9-18(26-4)10-8-17/h7-10,19H,6,11-16H2,1-5H3,(H2,22,23,24). The van der Waals surface area contributed by atoms with Crippen LogP contribution in [-0.2, 0) is 9.47 Å². The molecule has 7 nitrogen and oxygen atoms in total. The van der Waals surface area contributed by atoms with Crippen LogP contribution in [-0.4, -0.2) is 76.6 Å². The molecule has 28 heavy (non-hydrogen) atoms. The Bertz CT molecular complexity index is 598. The molecule has 0 radical (unpaired) electrons. The summed E-state index contributed by atoms with van der Waals surface area (Å²) >= 11 is 0. The lowest BCUT2D eigenvalue weighted by Gasteiger charge is -2.35. The minimum Gasteiger partial charge on any atom is -0.497 e. The fourth-order valence-electron chi connectivity index (χ4n) is 3.04. The maximum Gasteiger partial charge on any atom is 0.191 e. The Morgan fingerprint density at radius 3 is 2.43 bits per heavy atom. The minimum atomic E-state index is -0.290. The highest BCUT2D eigenvalue weighted by atomic mass is 16.5. The third-order valence-electron chi connectivity index (χ3n) is 4.96. The quantitative estimate of drug-likeness (QED) is 0.495. The van der Waals surface area contributed by atoms with Crippen molar-refractivity contribution in [1.82, 2.24) is 15.5 Å². The third-order valence-corrected chi connectivity index (χ3v) is 4.96. The second kappa shape index (κ2) is 11.2. The van der Waals surface area contributed by atoms with Crippen molar-refractivity contribution in [2.45, 2.75) is 32.4 Å². The van der Waals surface area contributed by atoms with Crippen LogP contribution in [0.2, 0.25) is 0 Å². The molecule has 2 N–H and O–H groups in total. The van der Waals surface area contributed by atoms with Gasteiger partial charge in [0.05, 0.1) is 38.5 Å². The van der Waals surface area contributed by atoms with Crippen molar-refractivity contribution in [2.75, 3.05) is 60.2 Å². The average Bonchev–Trinajstić information content (AvgIpc) is 2.73. The summed E-state index contributed by atoms with van der Waals surface area (Å²) in [6.07, 6.45) is 0. The third kappa shape index (κ3) is 6.96. The van der Waals surface area contributed by atoms with Gasteiger partial charge in [-0.3, -0.25) is 9.89 Å². The number of ether oxygens (including phenoxy) is 3. The van der Waals surface area contributed by atoms with Crippen LogP contribution in [0, 0.1) is 0 Å². The maximum atomic E-state index is 5.54. The van der Waals surface area contributed by atoms with E-state index in [9.17, 15) is 0 Å². The molecule has 0 aliphatic carbocycles. The van der Waals surface area contributed by atoms with Gasteiger partial charge in [-0.05, 0) is 38.5 Å². The molecule has 1 atom stereocenters. The van der Waals surface area contributed by atoms with E-state index in [0.717, 1.165) is 51.1 Å². The van der Waals surface area contributed by atoms with Crippen LogP contribution in [0.3, 0.4) is 0 Å². The lowest BCUT2D eigenvalue weighted by molar-refractivity contribution is 0.0169. The highest BCUT2D eigenvalue weighted by Gasteiger charge is 2.23. The van der Waals surface area contributed by atoms with Crippen molar-refractivity contribution in [1.29, 1.82) is 0 Å². The summed E-state index contributed by atoms with van der Waals surface area (Å²) in [5, 5.41) is 6.84. The number of rotatable bonds is 9. The molecule has 2 rings (SSSR count). The van der Waals surface area contributed by atoms with Gasteiger partial charge in [0.25, 0.3) is 0 Å². The molecular weight excluding hydrogens is 356 g/mol. The molecule has 0 amide bonds. The van der Waals surface area contributed by atoms with Crippen molar-refractivity contribution < 1.29 is 14.2 Å². The number of hydrogen-bond acceptors (Lipinski definition) is 5. The van der Waals surface area contributed by atoms with Crippen LogP contribution in [0.25, 0.3) is 0 Å². The Hall–Kier alpha value is -1.83. The van der Waals surface area contributed by atoms with Gasteiger partial charge in [-0.2, -0.15) is 0 Å². The summed E-state index contributed by atoms with van der Waals surface area (Å²) in [4.78, 5) is 7.16. The summed E-state index contributed by atoms with van der Waals surface area (Å²) in [6.45, 7) is 11.7. The van der Waals surface area contributed by atoms with E-state index in [1.807, 2.05) is 26.0 Å². The highest BCUT2D eigenvalue weighted by Crippen LogP contribution is 2.23. The van der Waals surface area contributed by atoms with E-state index in [0.29, 0.717) is 6.54 Å². The maximum absolute atomic E-state index is 5.54. The normalized spacial score (nSPS) is 17.2. The van der Waals surface area contributed by atoms with Crippen molar-refractivity contribution >= 4 is 5.96 Å². The van der Waals surface area contributed by atoms with Gasteiger partial charge in [-0.15, -0.1) is 0 Å². The van der Waals surface area contributed by atoms with Gasteiger partial charge in [0.15, 0.2) is 5.96 Å². The van der Waals surface area contributed by atoms with Crippen molar-refractivity contribution in [3.63, 3.8) is 0 Å². The first-order valence-corrected chi connectivity index (χ1v) is 10.0. The molecule has 1 aliphatic heterocycles. The molecule has 158 valence electrons. The van der Waals surface area contributed by atoms with E-state index in [1.54, 1.807) is 14.2 Å². The van der Waals surface area contributed by atoms with Gasteiger partial charge in [0.2, 0.25) is 0 Å². The van der Waals surface area contributed by atoms with E-state index in [1.165, 1.54) is 5.56 Å². The monoisotopic (exact) mass is 392 g/mol. The van der Waals surface area contributed by atoms with Gasteiger partial charge >= 0.3 is 0 Å². The van der Waals surface area contributed by atoms with Gasteiger partial charge < -0.3 is 24.8 Å². The zero-order chi connectivity index (χ0) is 20.4. The Morgan fingerprint density at radius 1 is 1.18 bits per heavy atom. The van der Waals surface area contributed by atoms with Crippen LogP contribution < -0.4 is 15.4 Å². The number of nitrogens with one attached hydrogen (secondary N) is 2. The van der Waals surface area contributed by atoms with Gasteiger partial charge in [0, 0.05) is 33.3 Å². The first-order valence-electron chi connectivity index (χ1n) is 10.0. The zero-order valence-electron chi connectivity index (χ0n) is 18.0. The van der Waals surface area contributed by atoms with Gasteiger partial charge in [-0.1, -0.05) is 12.1 Å². The molecule has 1 heterocycles. The zero-order valence-corrected chi connectivity index (χ0v) is 18.0. The van der Waals surface area contributed by atoms with E-state index in [-0.39, 0.29) is 11.6 Å². The lowest BCUT2D eigenvalue weighted by atomic mass is 10.0. The molecule has 1 unspecified atom stereocenters. The molecular formula is C21H36N4O3. The fourth-order valence-corrected chi connectivity index (χ4v) is 3.04. The first kappa shape index (κ1) is 22.5. The number of benzene rings is 1. The average molecular weight is 393 g/mol. The fraction of sp³-hybridized carbons (Fsp3) is 0.667. The minimum absolute atomic E-state index is 0.231. The molecule has 0 saturated carbocycles. The van der Waals surface area contributed by atoms with Gasteiger partial charge in [-0.25, -0.2) is 0 Å². The SMILES string of the molecule is CCNC(=NCC(C)(C)OC)NCC(c1ccc(OC)cc1)N1CCOCC1. The van der Waals surface area contributed by atoms with Crippen LogP contribution in [0.15, 0.2) is 29.3 Å². The first-order chi connectivity index (χ1) is 13.5. The predicted octanol–water partition coefficient (Wildman–Crippen LogP) is 2.05. The smallest absolute Gasteiger partial charge is 0.191 e. The van der Waals surface area contributed by atoms with Crippen molar-refractivity contribution in [3.8, 4) is 5.75 Å². The lowest BCUT2D eigenvalue weighted by Crippen LogP contribution is -2.46. The number of hydrogen-bond donors (Lipinski definition) is 2. The second-order valence-electron chi connectivity index (χ2n) is 7.48. The summed E-state index contributed by atoms with van der Waals surface area (Å²) in [5.41, 5.74) is 0.963. The Balaban J connectivity index is 2.11. The summed E-state index contributed by atoms with van der Waals surface area (Å²) in [5.74, 6) is 1.67. The van der Waals surface area contributed by atoms with Crippen LogP contribution >= 0.6 is 0 Å². The van der Waals surface area contributed by atoms with E-state index < -0.39 is 0 Å². The molecule has 0 spiro atoms. The molecule has 1 aromatic rings. The van der Waals surface area contributed by atoms with Crippen LogP contribution in [0.5, 0.6) is 5.75 Å². The Morgan fingerprint density at radius 2 is 1.86 bits per heavy atom. The molecule has 1 fully saturated rings. The Kier molecular flexibility index (Phi) is 9.02. The van der Waals surface area contributed by atoms with Crippen molar-refractivity contribution in [2.24, 2.45) is 4.99 Å². The molecule has 7 heteroatoms. The predicted molar refractivity (Wildman–Crippen MR) is 113 cm³/mol. The second-order valence-corrected chi connectivity index (χ2v) is 7.48. The van der Waals surface area contributed by atoms with E-state index in [4.69, 9.17) is 19.2 Å². The van der Waals surface area contributed by atoms with Crippen molar-refractivity contribution in [3.05, 3.63) is 29.8 Å². The van der Waals surface area contributed by atoms with E-state index in [2.05, 4.69) is 34.6 Å². The number of methoxy groups -OCH3 is 2. The number of morpholine rings is 1. The van der Waals surface area contributed by atoms with Crippen LogP contribution in [0.1, 0.15) is 32.4 Å². The summed E-state index contributed by atoms with van der Waals surface area (Å²) in [6, 6.07) is 8.54. The molecule has 0 bridgehead atoms. The topological polar surface area (TPSA) is 67.4 Å². The largest absolute Gasteiger partial charge is 0.497 e. The number of guanidine groups is 1. The molecule has 0 aromatic heterocycles. The number of nitrogens with zero attached hydrogens (tertiary/aromatic N) is 2. The molecule has 1 aromatic carbocycles. The summed E-state index contributed by atoms with van der Waals surface area (Å²) in [7, 11) is 3.41.